The molecular formula is C19H27FIN5O. The Labute approximate surface area is 175 Å². The number of nitrogens with one attached hydrogen (secondary N) is 4. The Morgan fingerprint density at radius 1 is 1.30 bits per heavy atom. The van der Waals surface area contributed by atoms with Crippen molar-refractivity contribution in [3.05, 3.63) is 35.8 Å². The molecule has 1 fully saturated rings. The zero-order valence-electron chi connectivity index (χ0n) is 15.5. The van der Waals surface area contributed by atoms with Gasteiger partial charge in [0.05, 0.1) is 0 Å². The standard InChI is InChI=1S/C19H26FN5O.HI/c1-21-19(22-9-2-3-18(26)25-15-5-6-15)23-10-8-13-12-24-17-7-4-14(20)11-16(13)17;/h4,7,11-12,15,24H,2-3,5-6,8-10H2,1H3,(H,25,26)(H2,21,22,23);1H. The van der Waals surface area contributed by atoms with E-state index in [0.29, 0.717) is 31.5 Å². The highest BCUT2D eigenvalue weighted by Crippen LogP contribution is 2.19. The average Bonchev–Trinajstić information content (AvgIpc) is 3.36. The van der Waals surface area contributed by atoms with Crippen molar-refractivity contribution in [3.63, 3.8) is 0 Å². The normalized spacial score (nSPS) is 13.9. The molecule has 8 heteroatoms. The molecule has 1 aliphatic carbocycles. The maximum absolute atomic E-state index is 13.4. The van der Waals surface area contributed by atoms with Gasteiger partial charge in [-0.25, -0.2) is 4.39 Å². The van der Waals surface area contributed by atoms with E-state index in [-0.39, 0.29) is 35.7 Å². The second kappa shape index (κ2) is 10.5. The summed E-state index contributed by atoms with van der Waals surface area (Å²) in [7, 11) is 1.72. The molecule has 1 amide bonds. The van der Waals surface area contributed by atoms with Crippen molar-refractivity contribution < 1.29 is 9.18 Å². The minimum absolute atomic E-state index is 0. The van der Waals surface area contributed by atoms with Gasteiger partial charge in [0, 0.05) is 49.7 Å². The minimum Gasteiger partial charge on any atom is -0.361 e. The van der Waals surface area contributed by atoms with Crippen LogP contribution in [0.25, 0.3) is 10.9 Å². The van der Waals surface area contributed by atoms with E-state index in [9.17, 15) is 9.18 Å². The molecule has 4 N–H and O–H groups in total. The summed E-state index contributed by atoms with van der Waals surface area (Å²) in [5.41, 5.74) is 2.01. The summed E-state index contributed by atoms with van der Waals surface area (Å²) < 4.78 is 13.4. The van der Waals surface area contributed by atoms with Gasteiger partial charge < -0.3 is 20.9 Å². The number of rotatable bonds is 8. The molecule has 1 aliphatic rings. The number of nitrogens with zero attached hydrogens (tertiary/aromatic N) is 1. The van der Waals surface area contributed by atoms with E-state index < -0.39 is 0 Å². The molecule has 27 heavy (non-hydrogen) atoms. The molecule has 3 rings (SSSR count). The first-order valence-electron chi connectivity index (χ1n) is 9.15. The third kappa shape index (κ3) is 6.67. The van der Waals surface area contributed by atoms with Gasteiger partial charge in [0.15, 0.2) is 5.96 Å². The van der Waals surface area contributed by atoms with Crippen LogP contribution in [0.5, 0.6) is 0 Å². The van der Waals surface area contributed by atoms with E-state index in [2.05, 4.69) is 25.9 Å². The van der Waals surface area contributed by atoms with E-state index >= 15 is 0 Å². The highest BCUT2D eigenvalue weighted by molar-refractivity contribution is 14.0. The second-order valence-corrected chi connectivity index (χ2v) is 6.62. The number of benzene rings is 1. The Hall–Kier alpha value is -1.84. The minimum atomic E-state index is -0.227. The van der Waals surface area contributed by atoms with Gasteiger partial charge in [-0.3, -0.25) is 9.79 Å². The number of fused-ring (bicyclic) bond motifs is 1. The highest BCUT2D eigenvalue weighted by atomic mass is 127. The van der Waals surface area contributed by atoms with Gasteiger partial charge in [0.2, 0.25) is 5.91 Å². The number of hydrogen-bond donors (Lipinski definition) is 4. The predicted molar refractivity (Wildman–Crippen MR) is 117 cm³/mol. The summed E-state index contributed by atoms with van der Waals surface area (Å²) in [5.74, 6) is 0.608. The van der Waals surface area contributed by atoms with E-state index in [1.54, 1.807) is 19.2 Å². The van der Waals surface area contributed by atoms with Crippen LogP contribution in [0, 0.1) is 5.82 Å². The predicted octanol–water partition coefficient (Wildman–Crippen LogP) is 2.69. The number of carbonyl (C=O) groups is 1. The Bertz CT molecular complexity index is 787. The van der Waals surface area contributed by atoms with Crippen LogP contribution in [0.15, 0.2) is 29.4 Å². The van der Waals surface area contributed by atoms with Gasteiger partial charge >= 0.3 is 0 Å². The summed E-state index contributed by atoms with van der Waals surface area (Å²) in [4.78, 5) is 19.0. The average molecular weight is 487 g/mol. The van der Waals surface area contributed by atoms with Crippen LogP contribution in [-0.2, 0) is 11.2 Å². The maximum atomic E-state index is 13.4. The lowest BCUT2D eigenvalue weighted by Gasteiger charge is -2.11. The number of aromatic nitrogens is 1. The van der Waals surface area contributed by atoms with Crippen molar-refractivity contribution >= 4 is 46.7 Å². The number of guanidine groups is 1. The Morgan fingerprint density at radius 2 is 2.07 bits per heavy atom. The van der Waals surface area contributed by atoms with Gasteiger partial charge in [-0.1, -0.05) is 0 Å². The number of H-pyrrole nitrogens is 1. The zero-order valence-corrected chi connectivity index (χ0v) is 17.8. The molecule has 1 saturated carbocycles. The van der Waals surface area contributed by atoms with Crippen LogP contribution >= 0.6 is 24.0 Å². The van der Waals surface area contributed by atoms with Crippen LogP contribution in [0.1, 0.15) is 31.2 Å². The summed E-state index contributed by atoms with van der Waals surface area (Å²) in [5, 5.41) is 10.4. The van der Waals surface area contributed by atoms with Crippen molar-refractivity contribution in [2.45, 2.75) is 38.1 Å². The fraction of sp³-hybridized carbons (Fsp3) is 0.474. The molecule has 0 unspecified atom stereocenters. The van der Waals surface area contributed by atoms with E-state index in [0.717, 1.165) is 42.1 Å². The fourth-order valence-corrected chi connectivity index (χ4v) is 2.88. The molecule has 0 spiro atoms. The van der Waals surface area contributed by atoms with Crippen molar-refractivity contribution in [3.8, 4) is 0 Å². The summed E-state index contributed by atoms with van der Waals surface area (Å²) >= 11 is 0. The molecule has 1 aromatic carbocycles. The molecule has 1 heterocycles. The molecule has 0 aliphatic heterocycles. The van der Waals surface area contributed by atoms with Gasteiger partial charge in [-0.15, -0.1) is 24.0 Å². The second-order valence-electron chi connectivity index (χ2n) is 6.62. The third-order valence-electron chi connectivity index (χ3n) is 4.46. The van der Waals surface area contributed by atoms with Crippen molar-refractivity contribution in [1.29, 1.82) is 0 Å². The first kappa shape index (κ1) is 21.5. The van der Waals surface area contributed by atoms with Crippen LogP contribution in [0.3, 0.4) is 0 Å². The lowest BCUT2D eigenvalue weighted by atomic mass is 10.1. The molecule has 1 aromatic heterocycles. The van der Waals surface area contributed by atoms with Crippen LogP contribution < -0.4 is 16.0 Å². The number of aliphatic imine (C=N–C) groups is 1. The molecular weight excluding hydrogens is 460 g/mol. The van der Waals surface area contributed by atoms with Crippen molar-refractivity contribution in [1.82, 2.24) is 20.9 Å². The van der Waals surface area contributed by atoms with Crippen LogP contribution in [0.4, 0.5) is 4.39 Å². The Kier molecular flexibility index (Phi) is 8.33. The van der Waals surface area contributed by atoms with Crippen molar-refractivity contribution in [2.75, 3.05) is 20.1 Å². The molecule has 0 bridgehead atoms. The van der Waals surface area contributed by atoms with E-state index in [1.165, 1.54) is 6.07 Å². The monoisotopic (exact) mass is 487 g/mol. The van der Waals surface area contributed by atoms with Gasteiger partial charge in [-0.05, 0) is 49.4 Å². The highest BCUT2D eigenvalue weighted by Gasteiger charge is 2.22. The topological polar surface area (TPSA) is 81.3 Å². The summed E-state index contributed by atoms with van der Waals surface area (Å²) in [6.07, 6.45) is 6.20. The Balaban J connectivity index is 0.00000261. The number of hydrogen-bond acceptors (Lipinski definition) is 2. The SMILES string of the molecule is CN=C(NCCCC(=O)NC1CC1)NCCc1c[nH]c2ccc(F)cc12.I. The summed E-state index contributed by atoms with van der Waals surface area (Å²) in [6.45, 7) is 1.38. The molecule has 2 aromatic rings. The lowest BCUT2D eigenvalue weighted by molar-refractivity contribution is -0.121. The molecule has 0 saturated heterocycles. The van der Waals surface area contributed by atoms with E-state index in [4.69, 9.17) is 0 Å². The Morgan fingerprint density at radius 3 is 2.81 bits per heavy atom. The first-order chi connectivity index (χ1) is 12.7. The fourth-order valence-electron chi connectivity index (χ4n) is 2.88. The molecule has 0 radical (unpaired) electrons. The summed E-state index contributed by atoms with van der Waals surface area (Å²) in [6, 6.07) is 5.18. The smallest absolute Gasteiger partial charge is 0.220 e. The quantitative estimate of drug-likeness (QED) is 0.200. The maximum Gasteiger partial charge on any atom is 0.220 e. The number of halogens is 2. The van der Waals surface area contributed by atoms with Crippen molar-refractivity contribution in [2.24, 2.45) is 4.99 Å². The number of aromatic amines is 1. The molecule has 148 valence electrons. The van der Waals surface area contributed by atoms with Crippen LogP contribution in [0.2, 0.25) is 0 Å². The number of carbonyl (C=O) groups excluding carboxylic acids is 1. The first-order valence-corrected chi connectivity index (χ1v) is 9.15. The number of amides is 1. The van der Waals surface area contributed by atoms with Gasteiger partial charge in [0.25, 0.3) is 0 Å². The van der Waals surface area contributed by atoms with Gasteiger partial charge in [-0.2, -0.15) is 0 Å². The van der Waals surface area contributed by atoms with Gasteiger partial charge in [0.1, 0.15) is 5.82 Å². The largest absolute Gasteiger partial charge is 0.361 e. The van der Waals surface area contributed by atoms with E-state index in [1.807, 2.05) is 6.20 Å². The lowest BCUT2D eigenvalue weighted by Crippen LogP contribution is -2.39. The molecule has 0 atom stereocenters. The van der Waals surface area contributed by atoms with Crippen LogP contribution in [-0.4, -0.2) is 43.0 Å². The third-order valence-corrected chi connectivity index (χ3v) is 4.46. The molecule has 6 nitrogen and oxygen atoms in total. The zero-order chi connectivity index (χ0) is 18.4.